The van der Waals surface area contributed by atoms with Gasteiger partial charge in [-0.15, -0.1) is 0 Å². The molecule has 1 heterocycles. The third-order valence-corrected chi connectivity index (χ3v) is 4.92. The van der Waals surface area contributed by atoms with Gasteiger partial charge in [0.25, 0.3) is 0 Å². The Hall–Kier alpha value is -0.840. The van der Waals surface area contributed by atoms with Gasteiger partial charge < -0.3 is 15.3 Å². The Morgan fingerprint density at radius 1 is 1.35 bits per heavy atom. The zero-order valence-corrected chi connectivity index (χ0v) is 14.0. The van der Waals surface area contributed by atoms with Crippen molar-refractivity contribution in [2.45, 2.75) is 63.9 Å². The highest BCUT2D eigenvalue weighted by Crippen LogP contribution is 2.26. The SMILES string of the molecule is CCN(CC)CCCNC1NC2CCC([N+](=O)[O-])CC2N([O-])N1. The number of hydrogen-bond donors (Lipinski definition) is 3. The van der Waals surface area contributed by atoms with Crippen molar-refractivity contribution >= 4 is 0 Å². The largest absolute Gasteiger partial charge is 0.771 e. The molecule has 23 heavy (non-hydrogen) atoms. The highest BCUT2D eigenvalue weighted by atomic mass is 16.6. The van der Waals surface area contributed by atoms with Crippen LogP contribution in [0, 0.1) is 15.3 Å². The minimum absolute atomic E-state index is 0.00484. The minimum atomic E-state index is -0.602. The molecule has 9 nitrogen and oxygen atoms in total. The van der Waals surface area contributed by atoms with Crippen LogP contribution in [0.1, 0.15) is 39.5 Å². The van der Waals surface area contributed by atoms with E-state index in [1.807, 2.05) is 0 Å². The molecule has 0 aromatic carbocycles. The van der Waals surface area contributed by atoms with E-state index in [0.717, 1.165) is 37.8 Å². The van der Waals surface area contributed by atoms with Crippen LogP contribution in [0.2, 0.25) is 0 Å². The van der Waals surface area contributed by atoms with Crippen molar-refractivity contribution in [2.75, 3.05) is 26.2 Å². The van der Waals surface area contributed by atoms with Gasteiger partial charge in [0, 0.05) is 29.8 Å². The van der Waals surface area contributed by atoms with Crippen LogP contribution in [0.4, 0.5) is 0 Å². The Balaban J connectivity index is 1.73. The summed E-state index contributed by atoms with van der Waals surface area (Å²) in [6, 6.07) is -0.965. The van der Waals surface area contributed by atoms with Crippen LogP contribution in [0.3, 0.4) is 0 Å². The van der Waals surface area contributed by atoms with Gasteiger partial charge in [0.05, 0.1) is 0 Å². The van der Waals surface area contributed by atoms with E-state index in [2.05, 4.69) is 34.8 Å². The average Bonchev–Trinajstić information content (AvgIpc) is 2.54. The molecule has 1 saturated heterocycles. The Labute approximate surface area is 137 Å². The second-order valence-electron chi connectivity index (χ2n) is 6.32. The van der Waals surface area contributed by atoms with Crippen molar-refractivity contribution in [1.29, 1.82) is 0 Å². The lowest BCUT2D eigenvalue weighted by Crippen LogP contribution is -2.72. The maximum atomic E-state index is 12.1. The summed E-state index contributed by atoms with van der Waals surface area (Å²) in [4.78, 5) is 13.0. The van der Waals surface area contributed by atoms with E-state index in [-0.39, 0.29) is 23.3 Å². The molecule has 4 unspecified atom stereocenters. The van der Waals surface area contributed by atoms with Gasteiger partial charge in [0.1, 0.15) is 6.29 Å². The number of hydroxylamine groups is 1. The summed E-state index contributed by atoms with van der Waals surface area (Å²) in [5.74, 6) is 0. The van der Waals surface area contributed by atoms with Crippen LogP contribution >= 0.6 is 0 Å². The van der Waals surface area contributed by atoms with Crippen LogP contribution in [0.25, 0.3) is 0 Å². The standard InChI is InChI=1S/C14H29N6O3/c1-3-18(4-2)9-5-8-15-14-16-12-7-6-11(20(22)23)10-13(12)19(21)17-14/h11-17H,3-10H2,1-2H3/q-1. The number of fused-ring (bicyclic) bond motifs is 1. The van der Waals surface area contributed by atoms with Crippen molar-refractivity contribution in [3.05, 3.63) is 15.3 Å². The first-order valence-corrected chi connectivity index (χ1v) is 8.63. The molecule has 9 heteroatoms. The van der Waals surface area contributed by atoms with Gasteiger partial charge in [-0.05, 0) is 39.0 Å². The molecule has 0 radical (unpaired) electrons. The smallest absolute Gasteiger partial charge is 0.214 e. The fourth-order valence-corrected chi connectivity index (χ4v) is 3.44. The maximum absolute atomic E-state index is 12.1. The van der Waals surface area contributed by atoms with Crippen LogP contribution in [-0.2, 0) is 0 Å². The fraction of sp³-hybridized carbons (Fsp3) is 1.00. The number of nitrogens with zero attached hydrogens (tertiary/aromatic N) is 3. The first kappa shape index (κ1) is 18.5. The molecule has 0 aromatic rings. The van der Waals surface area contributed by atoms with E-state index in [1.54, 1.807) is 0 Å². The fourth-order valence-electron chi connectivity index (χ4n) is 3.44. The molecule has 0 bridgehead atoms. The highest BCUT2D eigenvalue weighted by Gasteiger charge is 2.40. The van der Waals surface area contributed by atoms with Crippen LogP contribution < -0.4 is 16.1 Å². The second kappa shape index (κ2) is 8.86. The van der Waals surface area contributed by atoms with E-state index in [9.17, 15) is 15.3 Å². The summed E-state index contributed by atoms with van der Waals surface area (Å²) in [5.41, 5.74) is 2.81. The van der Waals surface area contributed by atoms with E-state index >= 15 is 0 Å². The van der Waals surface area contributed by atoms with Crippen molar-refractivity contribution in [3.8, 4) is 0 Å². The predicted molar refractivity (Wildman–Crippen MR) is 87.9 cm³/mol. The van der Waals surface area contributed by atoms with E-state index < -0.39 is 6.04 Å². The van der Waals surface area contributed by atoms with E-state index in [0.29, 0.717) is 19.3 Å². The topological polar surface area (TPSA) is 109 Å². The number of hydrazine groups is 1. The molecule has 2 fully saturated rings. The number of nitro groups is 1. The predicted octanol–water partition coefficient (Wildman–Crippen LogP) is 0.0655. The Morgan fingerprint density at radius 3 is 2.74 bits per heavy atom. The second-order valence-corrected chi connectivity index (χ2v) is 6.32. The summed E-state index contributed by atoms with van der Waals surface area (Å²) >= 11 is 0. The zero-order chi connectivity index (χ0) is 16.8. The molecule has 0 aromatic heterocycles. The third-order valence-electron chi connectivity index (χ3n) is 4.92. The molecular formula is C14H29N6O3-. The molecule has 1 saturated carbocycles. The van der Waals surface area contributed by atoms with Gasteiger partial charge in [-0.3, -0.25) is 20.7 Å². The highest BCUT2D eigenvalue weighted by molar-refractivity contribution is 4.95. The summed E-state index contributed by atoms with van der Waals surface area (Å²) in [7, 11) is 0. The molecule has 2 aliphatic rings. The minimum Gasteiger partial charge on any atom is -0.771 e. The molecular weight excluding hydrogens is 300 g/mol. The van der Waals surface area contributed by atoms with Crippen molar-refractivity contribution in [1.82, 2.24) is 26.1 Å². The van der Waals surface area contributed by atoms with Gasteiger partial charge in [-0.25, -0.2) is 5.43 Å². The lowest BCUT2D eigenvalue weighted by Gasteiger charge is -2.51. The Morgan fingerprint density at radius 2 is 2.09 bits per heavy atom. The molecule has 4 atom stereocenters. The van der Waals surface area contributed by atoms with Crippen molar-refractivity contribution in [2.24, 2.45) is 0 Å². The van der Waals surface area contributed by atoms with Crippen molar-refractivity contribution in [3.63, 3.8) is 0 Å². The Bertz CT molecular complexity index is 382. The molecule has 1 aliphatic heterocycles. The summed E-state index contributed by atoms with van der Waals surface area (Å²) in [5, 5.41) is 30.5. The van der Waals surface area contributed by atoms with Crippen LogP contribution in [0.15, 0.2) is 0 Å². The van der Waals surface area contributed by atoms with Crippen molar-refractivity contribution < 1.29 is 4.92 Å². The molecule has 2 rings (SSSR count). The summed E-state index contributed by atoms with van der Waals surface area (Å²) in [6.45, 7) is 8.24. The first-order chi connectivity index (χ1) is 11.0. The number of nitrogens with one attached hydrogen (secondary N) is 3. The summed E-state index contributed by atoms with van der Waals surface area (Å²) < 4.78 is 0. The molecule has 0 spiro atoms. The van der Waals surface area contributed by atoms with Gasteiger partial charge in [0.15, 0.2) is 0 Å². The third kappa shape index (κ3) is 5.07. The Kier molecular flexibility index (Phi) is 7.12. The average molecular weight is 329 g/mol. The van der Waals surface area contributed by atoms with E-state index in [1.165, 1.54) is 0 Å². The van der Waals surface area contributed by atoms with E-state index in [4.69, 9.17) is 0 Å². The van der Waals surface area contributed by atoms with Crippen LogP contribution in [0.5, 0.6) is 0 Å². The normalized spacial score (nSPS) is 32.0. The summed E-state index contributed by atoms with van der Waals surface area (Å²) in [6.07, 6.45) is 2.24. The van der Waals surface area contributed by atoms with Gasteiger partial charge in [0.2, 0.25) is 6.04 Å². The molecule has 1 aliphatic carbocycles. The molecule has 3 N–H and O–H groups in total. The quantitative estimate of drug-likeness (QED) is 0.326. The van der Waals surface area contributed by atoms with Gasteiger partial charge in [-0.1, -0.05) is 13.8 Å². The lowest BCUT2D eigenvalue weighted by atomic mass is 9.86. The molecule has 0 amide bonds. The molecule has 134 valence electrons. The monoisotopic (exact) mass is 329 g/mol. The zero-order valence-electron chi connectivity index (χ0n) is 14.0. The number of hydrogen-bond acceptors (Lipinski definition) is 8. The maximum Gasteiger partial charge on any atom is 0.214 e. The lowest BCUT2D eigenvalue weighted by molar-refractivity contribution is -0.528. The van der Waals surface area contributed by atoms with Gasteiger partial charge >= 0.3 is 0 Å². The van der Waals surface area contributed by atoms with Crippen LogP contribution in [-0.4, -0.2) is 65.6 Å². The first-order valence-electron chi connectivity index (χ1n) is 8.63. The number of rotatable bonds is 8. The van der Waals surface area contributed by atoms with Gasteiger partial charge in [-0.2, -0.15) is 0 Å².